The van der Waals surface area contributed by atoms with E-state index in [9.17, 15) is 13.2 Å². The average Bonchev–Trinajstić information content (AvgIpc) is 2.57. The van der Waals surface area contributed by atoms with Crippen molar-refractivity contribution in [3.8, 4) is 0 Å². The molecule has 23 heavy (non-hydrogen) atoms. The van der Waals surface area contributed by atoms with Crippen molar-refractivity contribution < 1.29 is 13.2 Å². The number of carbonyl (C=O) groups is 1. The highest BCUT2D eigenvalue weighted by atomic mass is 32.2. The Kier molecular flexibility index (Phi) is 5.74. The maximum atomic E-state index is 12.8. The van der Waals surface area contributed by atoms with E-state index in [1.807, 2.05) is 31.2 Å². The molecule has 0 fully saturated rings. The van der Waals surface area contributed by atoms with Gasteiger partial charge in [-0.15, -0.1) is 0 Å². The van der Waals surface area contributed by atoms with Crippen LogP contribution in [0.4, 0.5) is 0 Å². The number of likely N-dealkylation sites (N-methyl/N-ethyl adjacent to an activating group) is 1. The van der Waals surface area contributed by atoms with Gasteiger partial charge in [0.15, 0.2) is 0 Å². The minimum Gasteiger partial charge on any atom is -0.355 e. The zero-order valence-corrected chi connectivity index (χ0v) is 14.3. The Morgan fingerprint density at radius 2 is 1.78 bits per heavy atom. The molecule has 0 aliphatic carbocycles. The van der Waals surface area contributed by atoms with Gasteiger partial charge in [-0.05, 0) is 29.3 Å². The van der Waals surface area contributed by atoms with Crippen molar-refractivity contribution in [1.29, 1.82) is 0 Å². The van der Waals surface area contributed by atoms with E-state index < -0.39 is 10.0 Å². The molecule has 0 heterocycles. The van der Waals surface area contributed by atoms with E-state index in [2.05, 4.69) is 5.32 Å². The number of nitrogens with zero attached hydrogens (tertiary/aromatic N) is 1. The number of hydrogen-bond donors (Lipinski definition) is 1. The first-order valence-electron chi connectivity index (χ1n) is 7.74. The average molecular weight is 334 g/mol. The summed E-state index contributed by atoms with van der Waals surface area (Å²) in [4.78, 5) is 12.1. The third kappa shape index (κ3) is 4.09. The van der Waals surface area contributed by atoms with Crippen LogP contribution in [0.1, 0.15) is 20.3 Å². The van der Waals surface area contributed by atoms with Crippen molar-refractivity contribution in [3.63, 3.8) is 0 Å². The minimum atomic E-state index is -3.69. The van der Waals surface area contributed by atoms with Gasteiger partial charge in [-0.2, -0.15) is 4.31 Å². The van der Waals surface area contributed by atoms with E-state index in [0.717, 1.165) is 17.2 Å². The van der Waals surface area contributed by atoms with Gasteiger partial charge in [-0.3, -0.25) is 4.79 Å². The second kappa shape index (κ2) is 7.57. The summed E-state index contributed by atoms with van der Waals surface area (Å²) in [6, 6.07) is 12.6. The largest absolute Gasteiger partial charge is 0.355 e. The van der Waals surface area contributed by atoms with Crippen molar-refractivity contribution in [2.45, 2.75) is 25.2 Å². The highest BCUT2D eigenvalue weighted by Gasteiger charge is 2.25. The standard InChI is InChI=1S/C17H22N2O3S/c1-3-11-18-17(20)13-19(4-2)23(21,22)16-10-9-14-7-5-6-8-15(14)12-16/h5-10,12H,3-4,11,13H2,1-2H3,(H,18,20). The highest BCUT2D eigenvalue weighted by molar-refractivity contribution is 7.89. The topological polar surface area (TPSA) is 66.5 Å². The molecule has 1 N–H and O–H groups in total. The lowest BCUT2D eigenvalue weighted by atomic mass is 10.1. The Hall–Kier alpha value is -1.92. The molecule has 2 aromatic carbocycles. The Morgan fingerprint density at radius 3 is 2.43 bits per heavy atom. The lowest BCUT2D eigenvalue weighted by molar-refractivity contribution is -0.121. The summed E-state index contributed by atoms with van der Waals surface area (Å²) >= 11 is 0. The van der Waals surface area contributed by atoms with Crippen LogP contribution < -0.4 is 5.32 Å². The van der Waals surface area contributed by atoms with E-state index >= 15 is 0 Å². The fraction of sp³-hybridized carbons (Fsp3) is 0.353. The van der Waals surface area contributed by atoms with Gasteiger partial charge in [0, 0.05) is 13.1 Å². The highest BCUT2D eigenvalue weighted by Crippen LogP contribution is 2.21. The third-order valence-electron chi connectivity index (χ3n) is 3.60. The SMILES string of the molecule is CCCNC(=O)CN(CC)S(=O)(=O)c1ccc2ccccc2c1. The summed E-state index contributed by atoms with van der Waals surface area (Å²) in [5.74, 6) is -0.280. The molecule has 2 aromatic rings. The molecule has 6 heteroatoms. The van der Waals surface area contributed by atoms with Crippen LogP contribution in [-0.4, -0.2) is 38.3 Å². The van der Waals surface area contributed by atoms with Gasteiger partial charge >= 0.3 is 0 Å². The number of rotatable bonds is 7. The first kappa shape index (κ1) is 17.4. The molecule has 0 atom stereocenters. The number of benzene rings is 2. The molecule has 2 rings (SSSR count). The van der Waals surface area contributed by atoms with Crippen LogP contribution in [0.2, 0.25) is 0 Å². The van der Waals surface area contributed by atoms with E-state index in [4.69, 9.17) is 0 Å². The summed E-state index contributed by atoms with van der Waals surface area (Å²) in [6.07, 6.45) is 0.815. The van der Waals surface area contributed by atoms with E-state index in [-0.39, 0.29) is 23.9 Å². The zero-order valence-electron chi connectivity index (χ0n) is 13.5. The summed E-state index contributed by atoms with van der Waals surface area (Å²) in [5, 5.41) is 4.55. The summed E-state index contributed by atoms with van der Waals surface area (Å²) in [6.45, 7) is 4.31. The number of nitrogens with one attached hydrogen (secondary N) is 1. The smallest absolute Gasteiger partial charge is 0.243 e. The maximum Gasteiger partial charge on any atom is 0.243 e. The summed E-state index contributed by atoms with van der Waals surface area (Å²) < 4.78 is 26.7. The Morgan fingerprint density at radius 1 is 1.09 bits per heavy atom. The molecular formula is C17H22N2O3S. The van der Waals surface area contributed by atoms with Crippen LogP contribution in [0, 0.1) is 0 Å². The van der Waals surface area contributed by atoms with Gasteiger partial charge in [-0.1, -0.05) is 44.2 Å². The first-order valence-corrected chi connectivity index (χ1v) is 9.18. The predicted molar refractivity (Wildman–Crippen MR) is 91.7 cm³/mol. The summed E-state index contributed by atoms with van der Waals surface area (Å²) in [7, 11) is -3.69. The molecular weight excluding hydrogens is 312 g/mol. The first-order chi connectivity index (χ1) is 11.0. The normalized spacial score (nSPS) is 11.8. The van der Waals surface area contributed by atoms with Crippen LogP contribution in [0.5, 0.6) is 0 Å². The van der Waals surface area contributed by atoms with Crippen LogP contribution in [0.25, 0.3) is 10.8 Å². The van der Waals surface area contributed by atoms with Crippen LogP contribution in [-0.2, 0) is 14.8 Å². The zero-order chi connectivity index (χ0) is 16.9. The van der Waals surface area contributed by atoms with Crippen molar-refractivity contribution in [2.24, 2.45) is 0 Å². The fourth-order valence-corrected chi connectivity index (χ4v) is 3.77. The van der Waals surface area contributed by atoms with Crippen molar-refractivity contribution >= 4 is 26.7 Å². The lowest BCUT2D eigenvalue weighted by Crippen LogP contribution is -2.40. The van der Waals surface area contributed by atoms with Crippen LogP contribution in [0.3, 0.4) is 0 Å². The molecule has 0 saturated carbocycles. The van der Waals surface area contributed by atoms with Crippen molar-refractivity contribution in [3.05, 3.63) is 42.5 Å². The van der Waals surface area contributed by atoms with Gasteiger partial charge < -0.3 is 5.32 Å². The summed E-state index contributed by atoms with van der Waals surface area (Å²) in [5.41, 5.74) is 0. The van der Waals surface area contributed by atoms with Gasteiger partial charge in [0.1, 0.15) is 0 Å². The fourth-order valence-electron chi connectivity index (χ4n) is 2.32. The molecule has 0 bridgehead atoms. The van der Waals surface area contributed by atoms with Gasteiger partial charge in [0.05, 0.1) is 11.4 Å². The Bertz CT molecular complexity index is 787. The number of sulfonamides is 1. The number of carbonyl (C=O) groups excluding carboxylic acids is 1. The van der Waals surface area contributed by atoms with Crippen molar-refractivity contribution in [1.82, 2.24) is 9.62 Å². The lowest BCUT2D eigenvalue weighted by Gasteiger charge is -2.20. The van der Waals surface area contributed by atoms with E-state index in [0.29, 0.717) is 6.54 Å². The number of fused-ring (bicyclic) bond motifs is 1. The molecule has 124 valence electrons. The molecule has 0 aliphatic heterocycles. The van der Waals surface area contributed by atoms with Gasteiger partial charge in [-0.25, -0.2) is 8.42 Å². The number of hydrogen-bond acceptors (Lipinski definition) is 3. The molecule has 0 saturated heterocycles. The molecule has 0 spiro atoms. The van der Waals surface area contributed by atoms with E-state index in [1.165, 1.54) is 4.31 Å². The van der Waals surface area contributed by atoms with E-state index in [1.54, 1.807) is 25.1 Å². The quantitative estimate of drug-likeness (QED) is 0.845. The molecule has 5 nitrogen and oxygen atoms in total. The molecule has 0 aromatic heterocycles. The Balaban J connectivity index is 2.27. The molecule has 0 radical (unpaired) electrons. The second-order valence-corrected chi connectivity index (χ2v) is 7.23. The van der Waals surface area contributed by atoms with Gasteiger partial charge in [0.2, 0.25) is 15.9 Å². The minimum absolute atomic E-state index is 0.161. The molecule has 0 unspecified atom stereocenters. The molecule has 0 aliphatic rings. The second-order valence-electron chi connectivity index (χ2n) is 5.29. The third-order valence-corrected chi connectivity index (χ3v) is 5.52. The Labute approximate surface area is 137 Å². The molecule has 1 amide bonds. The predicted octanol–water partition coefficient (Wildman–Crippen LogP) is 2.38. The van der Waals surface area contributed by atoms with Crippen molar-refractivity contribution in [2.75, 3.05) is 19.6 Å². The maximum absolute atomic E-state index is 12.8. The van der Waals surface area contributed by atoms with Gasteiger partial charge in [0.25, 0.3) is 0 Å². The van der Waals surface area contributed by atoms with Crippen LogP contribution >= 0.6 is 0 Å². The van der Waals surface area contributed by atoms with Crippen LogP contribution in [0.15, 0.2) is 47.4 Å². The monoisotopic (exact) mass is 334 g/mol. The number of amides is 1.